The van der Waals surface area contributed by atoms with Gasteiger partial charge in [-0.2, -0.15) is 0 Å². The smallest absolute Gasteiger partial charge is 0.170 e. The fourth-order valence-electron chi connectivity index (χ4n) is 4.61. The highest BCUT2D eigenvalue weighted by Crippen LogP contribution is 2.41. The van der Waals surface area contributed by atoms with Gasteiger partial charge in [0.25, 0.3) is 0 Å². The molecule has 0 amide bonds. The Kier molecular flexibility index (Phi) is 6.12. The van der Waals surface area contributed by atoms with Crippen molar-refractivity contribution in [2.45, 2.75) is 39.8 Å². The van der Waals surface area contributed by atoms with Crippen LogP contribution < -0.4 is 5.32 Å². The van der Waals surface area contributed by atoms with Crippen LogP contribution in [0.4, 0.5) is 0 Å². The third-order valence-corrected chi connectivity index (χ3v) is 6.69. The van der Waals surface area contributed by atoms with Gasteiger partial charge in [-0.3, -0.25) is 4.98 Å². The van der Waals surface area contributed by atoms with Crippen LogP contribution in [0.5, 0.6) is 0 Å². The molecule has 1 aliphatic rings. The minimum atomic E-state index is -0.0156. The number of aryl methyl sites for hydroxylation is 2. The summed E-state index contributed by atoms with van der Waals surface area (Å²) in [5, 5.41) is 4.27. The Balaban J connectivity index is 1.84. The second-order valence-electron chi connectivity index (χ2n) is 8.19. The molecule has 0 unspecified atom stereocenters. The molecule has 1 aliphatic heterocycles. The number of thiocarbonyl (C=S) groups is 1. The predicted molar refractivity (Wildman–Crippen MR) is 129 cm³/mol. The zero-order chi connectivity index (χ0) is 22.1. The zero-order valence-corrected chi connectivity index (χ0v) is 19.7. The lowest BCUT2D eigenvalue weighted by Gasteiger charge is -2.28. The number of hydrogen-bond acceptors (Lipinski definition) is 3. The van der Waals surface area contributed by atoms with Crippen LogP contribution in [0.1, 0.15) is 45.9 Å². The van der Waals surface area contributed by atoms with Gasteiger partial charge in [-0.1, -0.05) is 18.2 Å². The van der Waals surface area contributed by atoms with E-state index in [2.05, 4.69) is 77.8 Å². The first kappa shape index (κ1) is 21.5. The number of methoxy groups -OCH3 is 1. The van der Waals surface area contributed by atoms with Gasteiger partial charge in [0.1, 0.15) is 0 Å². The van der Waals surface area contributed by atoms with Gasteiger partial charge in [0.15, 0.2) is 5.11 Å². The van der Waals surface area contributed by atoms with Gasteiger partial charge >= 0.3 is 0 Å². The molecular formula is C25H30N4OS. The van der Waals surface area contributed by atoms with E-state index in [1.165, 1.54) is 33.8 Å². The Morgan fingerprint density at radius 3 is 2.61 bits per heavy atom. The molecule has 0 aliphatic carbocycles. The van der Waals surface area contributed by atoms with Crippen LogP contribution in [0, 0.1) is 27.7 Å². The molecule has 0 bridgehead atoms. The Morgan fingerprint density at radius 2 is 1.90 bits per heavy atom. The van der Waals surface area contributed by atoms with Crippen LogP contribution in [0.15, 0.2) is 48.7 Å². The van der Waals surface area contributed by atoms with Gasteiger partial charge in [-0.05, 0) is 80.9 Å². The van der Waals surface area contributed by atoms with Crippen molar-refractivity contribution in [2.24, 2.45) is 0 Å². The number of rotatable bonds is 6. The van der Waals surface area contributed by atoms with Crippen molar-refractivity contribution in [2.75, 3.05) is 20.3 Å². The highest BCUT2D eigenvalue weighted by atomic mass is 32.1. The maximum atomic E-state index is 5.75. The molecule has 2 aromatic heterocycles. The van der Waals surface area contributed by atoms with Crippen molar-refractivity contribution < 1.29 is 4.74 Å². The van der Waals surface area contributed by atoms with E-state index in [0.717, 1.165) is 17.4 Å². The molecule has 5 nitrogen and oxygen atoms in total. The van der Waals surface area contributed by atoms with Crippen LogP contribution in [-0.4, -0.2) is 39.8 Å². The van der Waals surface area contributed by atoms with Crippen molar-refractivity contribution in [3.05, 3.63) is 82.4 Å². The zero-order valence-electron chi connectivity index (χ0n) is 18.8. The molecule has 31 heavy (non-hydrogen) atoms. The maximum absolute atomic E-state index is 5.75. The first-order valence-corrected chi connectivity index (χ1v) is 11.1. The molecule has 3 heterocycles. The van der Waals surface area contributed by atoms with Crippen LogP contribution in [0.3, 0.4) is 0 Å². The summed E-state index contributed by atoms with van der Waals surface area (Å²) in [6, 6.07) is 14.9. The molecule has 0 spiro atoms. The average Bonchev–Trinajstić information content (AvgIpc) is 3.24. The van der Waals surface area contributed by atoms with Gasteiger partial charge in [0.2, 0.25) is 0 Å². The molecule has 1 N–H and O–H groups in total. The summed E-state index contributed by atoms with van der Waals surface area (Å²) in [5.41, 5.74) is 8.52. The monoisotopic (exact) mass is 434 g/mol. The molecule has 3 aromatic rings. The van der Waals surface area contributed by atoms with Crippen LogP contribution in [-0.2, 0) is 4.74 Å². The van der Waals surface area contributed by atoms with E-state index >= 15 is 0 Å². The summed E-state index contributed by atoms with van der Waals surface area (Å²) in [7, 11) is 1.73. The number of pyridine rings is 1. The van der Waals surface area contributed by atoms with E-state index in [1.807, 2.05) is 18.3 Å². The highest BCUT2D eigenvalue weighted by Gasteiger charge is 2.41. The summed E-state index contributed by atoms with van der Waals surface area (Å²) in [6.45, 7) is 10.1. The fourth-order valence-corrected chi connectivity index (χ4v) is 4.94. The first-order chi connectivity index (χ1) is 14.9. The minimum absolute atomic E-state index is 0.0156. The van der Waals surface area contributed by atoms with Gasteiger partial charge < -0.3 is 19.5 Å². The Morgan fingerprint density at radius 1 is 1.10 bits per heavy atom. The van der Waals surface area contributed by atoms with E-state index in [4.69, 9.17) is 17.0 Å². The van der Waals surface area contributed by atoms with Gasteiger partial charge in [-0.15, -0.1) is 0 Å². The number of aromatic nitrogens is 2. The molecule has 1 aromatic carbocycles. The molecule has 4 rings (SSSR count). The van der Waals surface area contributed by atoms with Gasteiger partial charge in [0, 0.05) is 36.9 Å². The average molecular weight is 435 g/mol. The molecule has 0 saturated carbocycles. The van der Waals surface area contributed by atoms with Crippen LogP contribution >= 0.6 is 12.2 Å². The standard InChI is InChI=1S/C25H30N4OS/c1-16-9-8-11-22(18(16)3)29-17(2)15-20(19(29)4)24-23(21-10-6-7-12-26-21)27-25(31)28(24)13-14-30-5/h6-12,15,23-24H,13-14H2,1-5H3,(H,27,31)/t23-,24+/m0/s1. The Bertz CT molecular complexity index is 1090. The molecule has 6 heteroatoms. The topological polar surface area (TPSA) is 42.3 Å². The Labute approximate surface area is 190 Å². The van der Waals surface area contributed by atoms with Crippen LogP contribution in [0.25, 0.3) is 5.69 Å². The second-order valence-corrected chi connectivity index (χ2v) is 8.58. The van der Waals surface area contributed by atoms with E-state index in [0.29, 0.717) is 6.61 Å². The number of benzene rings is 1. The number of hydrogen-bond donors (Lipinski definition) is 1. The Hall–Kier alpha value is -2.70. The SMILES string of the molecule is COCCN1C(=S)N[C@@H](c2ccccn2)[C@H]1c1cc(C)n(-c2cccc(C)c2C)c1C. The van der Waals surface area contributed by atoms with E-state index < -0.39 is 0 Å². The largest absolute Gasteiger partial charge is 0.383 e. The van der Waals surface area contributed by atoms with E-state index in [1.54, 1.807) is 7.11 Å². The summed E-state index contributed by atoms with van der Waals surface area (Å²) in [6.07, 6.45) is 1.84. The normalized spacial score (nSPS) is 18.5. The number of ether oxygens (including phenoxy) is 1. The molecule has 2 atom stereocenters. The molecule has 1 saturated heterocycles. The quantitative estimate of drug-likeness (QED) is 0.569. The first-order valence-electron chi connectivity index (χ1n) is 10.7. The maximum Gasteiger partial charge on any atom is 0.170 e. The summed E-state index contributed by atoms with van der Waals surface area (Å²) < 4.78 is 7.75. The van der Waals surface area contributed by atoms with Crippen molar-refractivity contribution in [1.82, 2.24) is 19.8 Å². The van der Waals surface area contributed by atoms with E-state index in [9.17, 15) is 0 Å². The molecule has 1 fully saturated rings. The van der Waals surface area contributed by atoms with E-state index in [-0.39, 0.29) is 12.1 Å². The summed E-state index contributed by atoms with van der Waals surface area (Å²) >= 11 is 5.75. The third kappa shape index (κ3) is 3.86. The lowest BCUT2D eigenvalue weighted by Crippen LogP contribution is -2.32. The molecular weight excluding hydrogens is 404 g/mol. The van der Waals surface area contributed by atoms with Crippen molar-refractivity contribution in [3.8, 4) is 5.69 Å². The third-order valence-electron chi connectivity index (χ3n) is 6.34. The minimum Gasteiger partial charge on any atom is -0.383 e. The van der Waals surface area contributed by atoms with Crippen molar-refractivity contribution >= 4 is 17.3 Å². The second kappa shape index (κ2) is 8.81. The lowest BCUT2D eigenvalue weighted by molar-refractivity contribution is 0.164. The van der Waals surface area contributed by atoms with Crippen LogP contribution in [0.2, 0.25) is 0 Å². The fraction of sp³-hybridized carbons (Fsp3) is 0.360. The predicted octanol–water partition coefficient (Wildman–Crippen LogP) is 4.72. The van der Waals surface area contributed by atoms with Gasteiger partial charge in [0.05, 0.1) is 24.4 Å². The van der Waals surface area contributed by atoms with Crippen molar-refractivity contribution in [1.29, 1.82) is 0 Å². The summed E-state index contributed by atoms with van der Waals surface area (Å²) in [5.74, 6) is 0. The van der Waals surface area contributed by atoms with Crippen molar-refractivity contribution in [3.63, 3.8) is 0 Å². The highest BCUT2D eigenvalue weighted by molar-refractivity contribution is 7.80. The molecule has 0 radical (unpaired) electrons. The number of nitrogens with one attached hydrogen (secondary N) is 1. The summed E-state index contributed by atoms with van der Waals surface area (Å²) in [4.78, 5) is 6.89. The van der Waals surface area contributed by atoms with Gasteiger partial charge in [-0.25, -0.2) is 0 Å². The lowest BCUT2D eigenvalue weighted by atomic mass is 9.96. The molecule has 162 valence electrons. The number of nitrogens with zero attached hydrogens (tertiary/aromatic N) is 3.